The lowest BCUT2D eigenvalue weighted by atomic mass is 9.98. The third kappa shape index (κ3) is 2.30. The number of aromatic nitrogens is 1. The second-order valence-corrected chi connectivity index (χ2v) is 5.85. The first-order valence-electron chi connectivity index (χ1n) is 7.44. The number of fused-ring (bicyclic) bond motifs is 2. The molecule has 1 aliphatic rings. The summed E-state index contributed by atoms with van der Waals surface area (Å²) in [6, 6.07) is 14.8. The average Bonchev–Trinajstić information content (AvgIpc) is 2.91. The summed E-state index contributed by atoms with van der Waals surface area (Å²) in [4.78, 5) is 5.87. The molecule has 4 rings (SSSR count). The summed E-state index contributed by atoms with van der Waals surface area (Å²) in [5, 5.41) is 1.33. The zero-order valence-electron chi connectivity index (χ0n) is 12.0. The summed E-state index contributed by atoms with van der Waals surface area (Å²) >= 11 is 0. The second kappa shape index (κ2) is 4.93. The molecular weight excluding hydrogens is 258 g/mol. The van der Waals surface area contributed by atoms with Gasteiger partial charge in [-0.25, -0.2) is 0 Å². The summed E-state index contributed by atoms with van der Waals surface area (Å²) in [6.07, 6.45) is 3.23. The van der Waals surface area contributed by atoms with Crippen LogP contribution in [0.2, 0.25) is 0 Å². The number of nitrogen functional groups attached to an aromatic ring is 1. The molecule has 3 nitrogen and oxygen atoms in total. The predicted molar refractivity (Wildman–Crippen MR) is 87.0 cm³/mol. The molecule has 0 bridgehead atoms. The van der Waals surface area contributed by atoms with Crippen LogP contribution in [-0.4, -0.2) is 16.4 Å². The van der Waals surface area contributed by atoms with E-state index in [4.69, 9.17) is 5.73 Å². The number of aromatic amines is 1. The van der Waals surface area contributed by atoms with Crippen LogP contribution in [0.5, 0.6) is 0 Å². The fraction of sp³-hybridized carbons (Fsp3) is 0.222. The highest BCUT2D eigenvalue weighted by Gasteiger charge is 2.17. The van der Waals surface area contributed by atoms with E-state index in [0.717, 1.165) is 31.7 Å². The van der Waals surface area contributed by atoms with E-state index in [1.807, 2.05) is 6.07 Å². The van der Waals surface area contributed by atoms with E-state index >= 15 is 0 Å². The minimum atomic E-state index is 0.874. The SMILES string of the molecule is Nc1ccc2c(c1)CCN(Cc1c[nH]c3ccccc13)C2. The number of anilines is 1. The van der Waals surface area contributed by atoms with Gasteiger partial charge in [0.2, 0.25) is 0 Å². The van der Waals surface area contributed by atoms with Gasteiger partial charge in [0.1, 0.15) is 0 Å². The second-order valence-electron chi connectivity index (χ2n) is 5.85. The van der Waals surface area contributed by atoms with Crippen molar-refractivity contribution in [3.63, 3.8) is 0 Å². The van der Waals surface area contributed by atoms with Crippen molar-refractivity contribution in [3.05, 3.63) is 65.4 Å². The van der Waals surface area contributed by atoms with Crippen LogP contribution < -0.4 is 5.73 Å². The van der Waals surface area contributed by atoms with Crippen molar-refractivity contribution in [1.82, 2.24) is 9.88 Å². The number of H-pyrrole nitrogens is 1. The molecule has 0 amide bonds. The number of rotatable bonds is 2. The number of hydrogen-bond acceptors (Lipinski definition) is 2. The van der Waals surface area contributed by atoms with Crippen molar-refractivity contribution in [1.29, 1.82) is 0 Å². The minimum absolute atomic E-state index is 0.874. The zero-order chi connectivity index (χ0) is 14.2. The number of para-hydroxylation sites is 1. The maximum atomic E-state index is 5.87. The van der Waals surface area contributed by atoms with Crippen LogP contribution in [0.1, 0.15) is 16.7 Å². The fourth-order valence-corrected chi connectivity index (χ4v) is 3.27. The average molecular weight is 277 g/mol. The Hall–Kier alpha value is -2.26. The molecule has 0 unspecified atom stereocenters. The van der Waals surface area contributed by atoms with Gasteiger partial charge in [-0.3, -0.25) is 4.90 Å². The standard InChI is InChI=1S/C18H19N3/c19-16-6-5-14-11-21(8-7-13(14)9-16)12-15-10-20-18-4-2-1-3-17(15)18/h1-6,9-10,20H,7-8,11-12,19H2. The molecule has 3 N–H and O–H groups in total. The largest absolute Gasteiger partial charge is 0.399 e. The van der Waals surface area contributed by atoms with Gasteiger partial charge in [-0.1, -0.05) is 24.3 Å². The number of nitrogens with zero attached hydrogens (tertiary/aromatic N) is 1. The molecule has 0 atom stereocenters. The molecule has 0 radical (unpaired) electrons. The van der Waals surface area contributed by atoms with Crippen molar-refractivity contribution in [2.75, 3.05) is 12.3 Å². The molecule has 106 valence electrons. The summed E-state index contributed by atoms with van der Waals surface area (Å²) in [7, 11) is 0. The maximum absolute atomic E-state index is 5.87. The van der Waals surface area contributed by atoms with Crippen molar-refractivity contribution >= 4 is 16.6 Å². The number of hydrogen-bond donors (Lipinski definition) is 2. The lowest BCUT2D eigenvalue weighted by Gasteiger charge is -2.28. The number of nitrogens with two attached hydrogens (primary N) is 1. The molecule has 0 aliphatic carbocycles. The zero-order valence-corrected chi connectivity index (χ0v) is 12.0. The van der Waals surface area contributed by atoms with Crippen molar-refractivity contribution < 1.29 is 0 Å². The Kier molecular flexibility index (Phi) is 2.93. The number of benzene rings is 2. The fourth-order valence-electron chi connectivity index (χ4n) is 3.27. The topological polar surface area (TPSA) is 45.0 Å². The third-order valence-corrected chi connectivity index (χ3v) is 4.39. The molecule has 0 saturated carbocycles. The van der Waals surface area contributed by atoms with E-state index in [2.05, 4.69) is 52.5 Å². The molecule has 0 spiro atoms. The Morgan fingerprint density at radius 1 is 1.10 bits per heavy atom. The van der Waals surface area contributed by atoms with Crippen LogP contribution in [0.3, 0.4) is 0 Å². The summed E-state index contributed by atoms with van der Waals surface area (Å²) in [6.45, 7) is 3.10. The lowest BCUT2D eigenvalue weighted by molar-refractivity contribution is 0.246. The van der Waals surface area contributed by atoms with E-state index in [0.29, 0.717) is 0 Å². The molecule has 1 aromatic heterocycles. The van der Waals surface area contributed by atoms with Crippen molar-refractivity contribution in [2.45, 2.75) is 19.5 Å². The van der Waals surface area contributed by atoms with Gasteiger partial charge in [-0.2, -0.15) is 0 Å². The van der Waals surface area contributed by atoms with Crippen LogP contribution in [-0.2, 0) is 19.5 Å². The van der Waals surface area contributed by atoms with Crippen LogP contribution in [0.4, 0.5) is 5.69 Å². The van der Waals surface area contributed by atoms with E-state index in [1.165, 1.54) is 27.6 Å². The molecule has 21 heavy (non-hydrogen) atoms. The van der Waals surface area contributed by atoms with E-state index < -0.39 is 0 Å². The highest BCUT2D eigenvalue weighted by molar-refractivity contribution is 5.82. The Morgan fingerprint density at radius 3 is 2.95 bits per heavy atom. The smallest absolute Gasteiger partial charge is 0.0457 e. The van der Waals surface area contributed by atoms with Crippen LogP contribution in [0.25, 0.3) is 10.9 Å². The first kappa shape index (κ1) is 12.5. The minimum Gasteiger partial charge on any atom is -0.399 e. The molecule has 3 aromatic rings. The van der Waals surface area contributed by atoms with Gasteiger partial charge in [0.25, 0.3) is 0 Å². The quantitative estimate of drug-likeness (QED) is 0.706. The molecular formula is C18H19N3. The van der Waals surface area contributed by atoms with Gasteiger partial charge in [-0.15, -0.1) is 0 Å². The van der Waals surface area contributed by atoms with E-state index in [1.54, 1.807) is 0 Å². The first-order chi connectivity index (χ1) is 10.3. The van der Waals surface area contributed by atoms with E-state index in [9.17, 15) is 0 Å². The normalized spacial score (nSPS) is 15.2. The number of nitrogens with one attached hydrogen (secondary N) is 1. The monoisotopic (exact) mass is 277 g/mol. The summed E-state index contributed by atoms with van der Waals surface area (Å²) in [5.41, 5.74) is 12.2. The molecule has 2 aromatic carbocycles. The van der Waals surface area contributed by atoms with Gasteiger partial charge in [0.15, 0.2) is 0 Å². The van der Waals surface area contributed by atoms with Crippen LogP contribution >= 0.6 is 0 Å². The van der Waals surface area contributed by atoms with Crippen molar-refractivity contribution in [2.24, 2.45) is 0 Å². The van der Waals surface area contributed by atoms with Gasteiger partial charge in [-0.05, 0) is 41.3 Å². The van der Waals surface area contributed by atoms with Gasteiger partial charge >= 0.3 is 0 Å². The highest BCUT2D eigenvalue weighted by atomic mass is 15.1. The Labute approximate surface area is 124 Å². The molecule has 3 heteroatoms. The van der Waals surface area contributed by atoms with E-state index in [-0.39, 0.29) is 0 Å². The Balaban J connectivity index is 1.57. The molecule has 0 saturated heterocycles. The Bertz CT molecular complexity index is 788. The van der Waals surface area contributed by atoms with Gasteiger partial charge in [0, 0.05) is 42.4 Å². The molecule has 0 fully saturated rings. The predicted octanol–water partition coefficient (Wildman–Crippen LogP) is 3.31. The molecule has 2 heterocycles. The van der Waals surface area contributed by atoms with Crippen LogP contribution in [0.15, 0.2) is 48.7 Å². The summed E-state index contributed by atoms with van der Waals surface area (Å²) < 4.78 is 0. The van der Waals surface area contributed by atoms with Crippen LogP contribution in [0, 0.1) is 0 Å². The van der Waals surface area contributed by atoms with Crippen molar-refractivity contribution in [3.8, 4) is 0 Å². The first-order valence-corrected chi connectivity index (χ1v) is 7.44. The molecule has 1 aliphatic heterocycles. The summed E-state index contributed by atoms with van der Waals surface area (Å²) in [5.74, 6) is 0. The lowest BCUT2D eigenvalue weighted by Crippen LogP contribution is -2.30. The third-order valence-electron chi connectivity index (χ3n) is 4.39. The maximum Gasteiger partial charge on any atom is 0.0457 e. The van der Waals surface area contributed by atoms with Gasteiger partial charge < -0.3 is 10.7 Å². The van der Waals surface area contributed by atoms with Gasteiger partial charge in [0.05, 0.1) is 0 Å². The Morgan fingerprint density at radius 2 is 2.00 bits per heavy atom. The highest BCUT2D eigenvalue weighted by Crippen LogP contribution is 2.25.